The molecule has 2 amide bonds. The molecule has 45 heavy (non-hydrogen) atoms. The van der Waals surface area contributed by atoms with Gasteiger partial charge in [0.1, 0.15) is 5.69 Å². The van der Waals surface area contributed by atoms with Gasteiger partial charge in [-0.2, -0.15) is 18.2 Å². The van der Waals surface area contributed by atoms with Crippen LogP contribution in [0.5, 0.6) is 11.5 Å². The molecule has 0 radical (unpaired) electrons. The number of phenolic OH excluding ortho intramolecular Hbond substituents is 1. The SMILES string of the molecule is COc1cc(C2C3=CCC4C(=O)N(N(C)c5nc(C(F)(F)F)ccc5Cl)C(=O)C4C3CC3=C2C(=O)C=C(Br)C3=O)cc(Cl)c1O. The van der Waals surface area contributed by atoms with E-state index < -0.39 is 64.7 Å². The normalized spacial score (nSPS) is 24.7. The Morgan fingerprint density at radius 2 is 1.80 bits per heavy atom. The summed E-state index contributed by atoms with van der Waals surface area (Å²) in [4.78, 5) is 58.3. The zero-order valence-electron chi connectivity index (χ0n) is 23.3. The minimum absolute atomic E-state index is 0.0211. The number of amides is 2. The number of hydrazine groups is 1. The number of ketones is 2. The summed E-state index contributed by atoms with van der Waals surface area (Å²) in [5.41, 5.74) is 0.0756. The summed E-state index contributed by atoms with van der Waals surface area (Å²) >= 11 is 15.7. The zero-order valence-corrected chi connectivity index (χ0v) is 26.4. The van der Waals surface area contributed by atoms with E-state index in [2.05, 4.69) is 20.9 Å². The van der Waals surface area contributed by atoms with E-state index in [4.69, 9.17) is 27.9 Å². The predicted octanol–water partition coefficient (Wildman–Crippen LogP) is 5.93. The second kappa shape index (κ2) is 11.0. The number of nitrogens with zero attached hydrogens (tertiary/aromatic N) is 3. The second-order valence-electron chi connectivity index (χ2n) is 11.0. The van der Waals surface area contributed by atoms with Gasteiger partial charge in [0.2, 0.25) is 0 Å². The van der Waals surface area contributed by atoms with Crippen molar-refractivity contribution in [3.8, 4) is 11.5 Å². The average Bonchev–Trinajstić information content (AvgIpc) is 3.24. The van der Waals surface area contributed by atoms with Gasteiger partial charge in [-0.25, -0.2) is 4.98 Å². The van der Waals surface area contributed by atoms with Crippen molar-refractivity contribution >= 4 is 68.3 Å². The Balaban J connectivity index is 1.45. The van der Waals surface area contributed by atoms with Crippen LogP contribution < -0.4 is 9.75 Å². The van der Waals surface area contributed by atoms with Crippen LogP contribution >= 0.6 is 39.1 Å². The van der Waals surface area contributed by atoms with Crippen molar-refractivity contribution in [2.45, 2.75) is 24.9 Å². The molecule has 1 N–H and O–H groups in total. The highest BCUT2D eigenvalue weighted by molar-refractivity contribution is 9.12. The molecule has 1 aromatic heterocycles. The van der Waals surface area contributed by atoms with Crippen LogP contribution in [0.25, 0.3) is 0 Å². The molecule has 0 saturated carbocycles. The fourth-order valence-electron chi connectivity index (χ4n) is 6.69. The van der Waals surface area contributed by atoms with E-state index in [9.17, 15) is 37.5 Å². The van der Waals surface area contributed by atoms with Crippen LogP contribution in [-0.2, 0) is 25.4 Å². The number of hydrogen-bond acceptors (Lipinski definition) is 8. The van der Waals surface area contributed by atoms with E-state index in [0.29, 0.717) is 17.2 Å². The fraction of sp³-hybridized carbons (Fsp3) is 0.300. The van der Waals surface area contributed by atoms with E-state index in [1.807, 2.05) is 0 Å². The number of pyridine rings is 1. The lowest BCUT2D eigenvalue weighted by Crippen LogP contribution is -2.46. The number of rotatable bonds is 4. The Kier molecular flexibility index (Phi) is 7.65. The first-order valence-electron chi connectivity index (χ1n) is 13.5. The summed E-state index contributed by atoms with van der Waals surface area (Å²) < 4.78 is 45.6. The van der Waals surface area contributed by atoms with Crippen LogP contribution in [-0.4, -0.2) is 52.6 Å². The highest BCUT2D eigenvalue weighted by Crippen LogP contribution is 2.56. The first kappa shape index (κ1) is 31.3. The number of Topliss-reactive ketones (excluding diaryl/α,β-unsaturated/α-hetero) is 1. The van der Waals surface area contributed by atoms with Crippen LogP contribution in [0.4, 0.5) is 19.0 Å². The van der Waals surface area contributed by atoms with Crippen LogP contribution in [0.15, 0.2) is 57.6 Å². The van der Waals surface area contributed by atoms with Crippen molar-refractivity contribution in [2.75, 3.05) is 19.2 Å². The molecule has 1 aromatic carbocycles. The third kappa shape index (κ3) is 4.86. The number of phenols is 1. The second-order valence-corrected chi connectivity index (χ2v) is 12.6. The molecule has 0 bridgehead atoms. The smallest absolute Gasteiger partial charge is 0.433 e. The standard InChI is InChI=1S/C30H21BrCl2F3N3O6/c1-38(27-17(32)5-6-21(37-27)30(34,35)36)39-28(43)13-4-3-12-14(23(13)29(39)44)9-15-24(19(40)10-16(31)25(15)41)22(12)11-7-18(33)26(42)20(8-11)45-2/h3,5-8,10,13-14,22-23,42H,4,9H2,1-2H3. The number of carbonyl (C=O) groups excluding carboxylic acids is 4. The molecule has 6 rings (SSSR count). The highest BCUT2D eigenvalue weighted by atomic mass is 79.9. The maximum atomic E-state index is 14.1. The lowest BCUT2D eigenvalue weighted by molar-refractivity contribution is -0.141. The highest BCUT2D eigenvalue weighted by Gasteiger charge is 2.58. The van der Waals surface area contributed by atoms with Gasteiger partial charge in [0, 0.05) is 30.2 Å². The van der Waals surface area contributed by atoms with Gasteiger partial charge in [0.25, 0.3) is 11.8 Å². The first-order chi connectivity index (χ1) is 21.1. The summed E-state index contributed by atoms with van der Waals surface area (Å²) in [5.74, 6) is -6.60. The van der Waals surface area contributed by atoms with Crippen LogP contribution in [0.1, 0.15) is 30.0 Å². The number of aromatic hydroxyl groups is 1. The number of methoxy groups -OCH3 is 1. The molecule has 4 unspecified atom stereocenters. The number of carbonyl (C=O) groups is 4. The lowest BCUT2D eigenvalue weighted by atomic mass is 9.59. The Labute approximate surface area is 272 Å². The molecule has 1 fully saturated rings. The molecule has 2 heterocycles. The van der Waals surface area contributed by atoms with E-state index in [1.165, 1.54) is 32.4 Å². The third-order valence-corrected chi connectivity index (χ3v) is 9.81. The number of anilines is 1. The van der Waals surface area contributed by atoms with Gasteiger partial charge in [-0.15, -0.1) is 0 Å². The predicted molar refractivity (Wildman–Crippen MR) is 159 cm³/mol. The quantitative estimate of drug-likeness (QED) is 0.234. The molecule has 0 spiro atoms. The number of alkyl halides is 3. The molecular formula is C30H21BrCl2F3N3O6. The molecule has 234 valence electrons. The molecule has 1 saturated heterocycles. The number of aromatic nitrogens is 1. The number of benzene rings is 1. The molecule has 1 aliphatic heterocycles. The Morgan fingerprint density at radius 3 is 2.47 bits per heavy atom. The first-order valence-corrected chi connectivity index (χ1v) is 15.0. The zero-order chi connectivity index (χ0) is 32.7. The van der Waals surface area contributed by atoms with Crippen molar-refractivity contribution in [2.24, 2.45) is 17.8 Å². The molecule has 4 aliphatic rings. The summed E-state index contributed by atoms with van der Waals surface area (Å²) in [6.45, 7) is 0. The number of hydrogen-bond donors (Lipinski definition) is 1. The molecular weight excluding hydrogens is 706 g/mol. The Morgan fingerprint density at radius 1 is 1.09 bits per heavy atom. The van der Waals surface area contributed by atoms with Crippen molar-refractivity contribution in [3.05, 3.63) is 78.9 Å². The van der Waals surface area contributed by atoms with Gasteiger partial charge in [-0.05, 0) is 64.5 Å². The minimum atomic E-state index is -4.80. The molecule has 15 heteroatoms. The van der Waals surface area contributed by atoms with Gasteiger partial charge in [0.05, 0.1) is 33.5 Å². The van der Waals surface area contributed by atoms with E-state index in [1.54, 1.807) is 6.08 Å². The fourth-order valence-corrected chi connectivity index (χ4v) is 7.59. The third-order valence-electron chi connectivity index (χ3n) is 8.64. The molecule has 2 aromatic rings. The maximum absolute atomic E-state index is 14.1. The van der Waals surface area contributed by atoms with Gasteiger partial charge < -0.3 is 9.84 Å². The van der Waals surface area contributed by atoms with Crippen LogP contribution in [0.2, 0.25) is 10.0 Å². The topological polar surface area (TPSA) is 117 Å². The summed E-state index contributed by atoms with van der Waals surface area (Å²) in [5, 5.41) is 11.7. The maximum Gasteiger partial charge on any atom is 0.433 e. The van der Waals surface area contributed by atoms with Crippen molar-refractivity contribution in [3.63, 3.8) is 0 Å². The summed E-state index contributed by atoms with van der Waals surface area (Å²) in [6, 6.07) is 4.60. The van der Waals surface area contributed by atoms with Crippen LogP contribution in [0.3, 0.4) is 0 Å². The molecule has 9 nitrogen and oxygen atoms in total. The summed E-state index contributed by atoms with van der Waals surface area (Å²) in [7, 11) is 2.54. The number of allylic oxidation sites excluding steroid dienone is 6. The Bertz CT molecular complexity index is 1820. The minimum Gasteiger partial charge on any atom is -0.503 e. The largest absolute Gasteiger partial charge is 0.503 e. The summed E-state index contributed by atoms with van der Waals surface area (Å²) in [6.07, 6.45) is -1.86. The van der Waals surface area contributed by atoms with Crippen molar-refractivity contribution in [1.29, 1.82) is 0 Å². The molecule has 4 atom stereocenters. The van der Waals surface area contributed by atoms with Gasteiger partial charge >= 0.3 is 6.18 Å². The number of halogens is 6. The number of ether oxygens (including phenoxy) is 1. The van der Waals surface area contributed by atoms with Crippen LogP contribution in [0, 0.1) is 17.8 Å². The Hall–Kier alpha value is -3.68. The van der Waals surface area contributed by atoms with E-state index >= 15 is 0 Å². The monoisotopic (exact) mass is 725 g/mol. The lowest BCUT2D eigenvalue weighted by Gasteiger charge is -2.42. The number of fused-ring (bicyclic) bond motifs is 3. The van der Waals surface area contributed by atoms with E-state index in [-0.39, 0.29) is 50.0 Å². The number of imide groups is 1. The van der Waals surface area contributed by atoms with Crippen molar-refractivity contribution < 1.29 is 42.2 Å². The average molecular weight is 727 g/mol. The van der Waals surface area contributed by atoms with Crippen molar-refractivity contribution in [1.82, 2.24) is 9.99 Å². The van der Waals surface area contributed by atoms with Gasteiger partial charge in [-0.1, -0.05) is 34.9 Å². The van der Waals surface area contributed by atoms with Gasteiger partial charge in [0.15, 0.2) is 28.9 Å². The molecule has 3 aliphatic carbocycles. The van der Waals surface area contributed by atoms with Gasteiger partial charge in [-0.3, -0.25) is 24.2 Å². The van der Waals surface area contributed by atoms with E-state index in [0.717, 1.165) is 16.1 Å².